The highest BCUT2D eigenvalue weighted by atomic mass is 16.6. The summed E-state index contributed by atoms with van der Waals surface area (Å²) in [5, 5.41) is 28.4. The molecular formula is C23H23N9O6. The number of dihydropyridines is 1. The quantitative estimate of drug-likeness (QED) is 0.137. The Balaban J connectivity index is 1.70. The Kier molecular flexibility index (Phi) is 9.79. The lowest BCUT2D eigenvalue weighted by Crippen LogP contribution is -2.48. The molecule has 2 amide bonds. The van der Waals surface area contributed by atoms with Gasteiger partial charge in [0.25, 0.3) is 5.69 Å². The van der Waals surface area contributed by atoms with Crippen molar-refractivity contribution in [2.24, 2.45) is 26.4 Å². The molecule has 2 heterocycles. The fourth-order valence-corrected chi connectivity index (χ4v) is 3.52. The number of hydrogen-bond donors (Lipinski definition) is 2. The number of carbonyl (C=O) groups excluding carboxylic acids is 2. The Bertz CT molecular complexity index is 1290. The Hall–Kier alpha value is -4.89. The number of aromatic nitrogens is 1. The zero-order valence-electron chi connectivity index (χ0n) is 19.9. The van der Waals surface area contributed by atoms with Crippen LogP contribution in [0.1, 0.15) is 21.7 Å². The van der Waals surface area contributed by atoms with Crippen LogP contribution in [0, 0.1) is 19.9 Å². The fourth-order valence-electron chi connectivity index (χ4n) is 3.52. The van der Waals surface area contributed by atoms with E-state index in [1.807, 2.05) is 0 Å². The second-order valence-electron chi connectivity index (χ2n) is 8.12. The highest BCUT2D eigenvalue weighted by Crippen LogP contribution is 2.16. The standard InChI is InChI=1S/C23H23N9O6/c24-31(14-17-4-2-6-21(28-17)23(34)30-36)19(11-15-7-9-18(10-8-15)32(37)38)13-26-25-12-16-3-1-5-20(27-16)22(33)29-35/h1-10,19,21,28H,11-14,24H2. The first-order valence-corrected chi connectivity index (χ1v) is 11.2. The fraction of sp³-hybridized carbons (Fsp3) is 0.261. The second kappa shape index (κ2) is 13.4. The molecule has 0 aliphatic carbocycles. The smallest absolute Gasteiger partial charge is 0.334 e. The summed E-state index contributed by atoms with van der Waals surface area (Å²) in [6, 6.07) is 9.24. The minimum Gasteiger partial charge on any atom is -0.373 e. The maximum atomic E-state index is 11.6. The summed E-state index contributed by atoms with van der Waals surface area (Å²) in [7, 11) is 0. The number of azo groups is 1. The predicted molar refractivity (Wildman–Crippen MR) is 134 cm³/mol. The number of nitro groups is 1. The Morgan fingerprint density at radius 2 is 1.89 bits per heavy atom. The summed E-state index contributed by atoms with van der Waals surface area (Å²) in [6.45, 7) is 0.322. The van der Waals surface area contributed by atoms with E-state index < -0.39 is 28.8 Å². The SMILES string of the molecule is NN(CC1=CC=CC(C(=O)N=O)N1)C(CN=NCc1cccc(C(=O)N=O)n1)Cc1ccc([N+](=O)[O-])cc1. The van der Waals surface area contributed by atoms with Crippen LogP contribution in [0.4, 0.5) is 5.69 Å². The van der Waals surface area contributed by atoms with E-state index in [1.165, 1.54) is 29.3 Å². The van der Waals surface area contributed by atoms with Crippen LogP contribution in [0.2, 0.25) is 0 Å². The highest BCUT2D eigenvalue weighted by molar-refractivity contribution is 5.92. The average molecular weight is 521 g/mol. The van der Waals surface area contributed by atoms with Gasteiger partial charge < -0.3 is 5.32 Å². The van der Waals surface area contributed by atoms with Crippen molar-refractivity contribution in [1.82, 2.24) is 15.3 Å². The van der Waals surface area contributed by atoms with Crippen molar-refractivity contribution >= 4 is 17.5 Å². The van der Waals surface area contributed by atoms with Gasteiger partial charge in [-0.15, -0.1) is 9.81 Å². The van der Waals surface area contributed by atoms with E-state index >= 15 is 0 Å². The van der Waals surface area contributed by atoms with Gasteiger partial charge in [0.15, 0.2) is 0 Å². The average Bonchev–Trinajstić information content (AvgIpc) is 2.94. The topological polar surface area (TPSA) is 215 Å². The normalized spacial score (nSPS) is 15.5. The minimum absolute atomic E-state index is 0.0365. The Morgan fingerprint density at radius 3 is 2.58 bits per heavy atom. The number of non-ortho nitro benzene ring substituents is 1. The number of rotatable bonds is 12. The third kappa shape index (κ3) is 7.81. The molecule has 196 valence electrons. The van der Waals surface area contributed by atoms with E-state index in [-0.39, 0.29) is 31.0 Å². The number of nitrogens with one attached hydrogen (secondary N) is 1. The van der Waals surface area contributed by atoms with Gasteiger partial charge in [-0.3, -0.25) is 25.5 Å². The van der Waals surface area contributed by atoms with Gasteiger partial charge in [-0.1, -0.05) is 30.4 Å². The van der Waals surface area contributed by atoms with Crippen molar-refractivity contribution in [2.75, 3.05) is 13.1 Å². The molecule has 2 unspecified atom stereocenters. The molecule has 0 bridgehead atoms. The molecule has 1 aromatic heterocycles. The van der Waals surface area contributed by atoms with Crippen molar-refractivity contribution in [2.45, 2.75) is 25.0 Å². The predicted octanol–water partition coefficient (Wildman–Crippen LogP) is 2.34. The monoisotopic (exact) mass is 521 g/mol. The largest absolute Gasteiger partial charge is 0.373 e. The molecule has 0 saturated carbocycles. The van der Waals surface area contributed by atoms with Crippen LogP contribution >= 0.6 is 0 Å². The van der Waals surface area contributed by atoms with Crippen molar-refractivity contribution in [1.29, 1.82) is 0 Å². The summed E-state index contributed by atoms with van der Waals surface area (Å²) in [6.07, 6.45) is 5.18. The summed E-state index contributed by atoms with van der Waals surface area (Å²) >= 11 is 0. The van der Waals surface area contributed by atoms with Crippen molar-refractivity contribution in [3.05, 3.63) is 103 Å². The Morgan fingerprint density at radius 1 is 1.13 bits per heavy atom. The summed E-state index contributed by atoms with van der Waals surface area (Å²) < 4.78 is 0. The van der Waals surface area contributed by atoms with E-state index in [1.54, 1.807) is 36.4 Å². The number of carbonyl (C=O) groups is 2. The molecule has 0 saturated heterocycles. The first-order chi connectivity index (χ1) is 18.3. The number of hydrazine groups is 1. The third-order valence-electron chi connectivity index (χ3n) is 5.47. The number of nitroso groups, excluding NO2 is 2. The molecule has 1 aromatic carbocycles. The number of hydrogen-bond acceptors (Lipinski definition) is 12. The van der Waals surface area contributed by atoms with Gasteiger partial charge in [0.05, 0.1) is 23.7 Å². The molecule has 2 aromatic rings. The van der Waals surface area contributed by atoms with Crippen LogP contribution in [0.25, 0.3) is 0 Å². The zero-order valence-corrected chi connectivity index (χ0v) is 19.9. The van der Waals surface area contributed by atoms with E-state index in [9.17, 15) is 29.5 Å². The van der Waals surface area contributed by atoms with Gasteiger partial charge in [-0.05, 0) is 30.2 Å². The Labute approximate surface area is 215 Å². The number of benzene rings is 1. The lowest BCUT2D eigenvalue weighted by molar-refractivity contribution is -0.384. The van der Waals surface area contributed by atoms with Crippen LogP contribution in [0.3, 0.4) is 0 Å². The molecule has 0 spiro atoms. The molecule has 15 heteroatoms. The van der Waals surface area contributed by atoms with Crippen LogP contribution in [-0.2, 0) is 17.8 Å². The molecular weight excluding hydrogens is 498 g/mol. The lowest BCUT2D eigenvalue weighted by atomic mass is 10.0. The van der Waals surface area contributed by atoms with E-state index in [0.29, 0.717) is 17.8 Å². The van der Waals surface area contributed by atoms with Gasteiger partial charge in [0.1, 0.15) is 18.3 Å². The second-order valence-corrected chi connectivity index (χ2v) is 8.12. The number of nitrogens with two attached hydrogens (primary N) is 1. The molecule has 38 heavy (non-hydrogen) atoms. The number of nitro benzene ring substituents is 1. The van der Waals surface area contributed by atoms with Gasteiger partial charge in [-0.2, -0.15) is 10.2 Å². The van der Waals surface area contributed by atoms with Crippen LogP contribution in [0.15, 0.2) is 87.0 Å². The molecule has 3 rings (SSSR count). The number of allylic oxidation sites excluding steroid dienone is 2. The summed E-state index contributed by atoms with van der Waals surface area (Å²) in [4.78, 5) is 58.6. The zero-order chi connectivity index (χ0) is 27.5. The van der Waals surface area contributed by atoms with E-state index in [4.69, 9.17) is 5.84 Å². The molecule has 1 aliphatic heterocycles. The molecule has 1 aliphatic rings. The van der Waals surface area contributed by atoms with Gasteiger partial charge in [-0.25, -0.2) is 9.99 Å². The molecule has 3 N–H and O–H groups in total. The van der Waals surface area contributed by atoms with E-state index in [2.05, 4.69) is 30.9 Å². The molecule has 15 nitrogen and oxygen atoms in total. The molecule has 0 fully saturated rings. The molecule has 2 atom stereocenters. The minimum atomic E-state index is -0.987. The van der Waals surface area contributed by atoms with Crippen molar-refractivity contribution in [3.63, 3.8) is 0 Å². The van der Waals surface area contributed by atoms with Gasteiger partial charge >= 0.3 is 11.8 Å². The van der Waals surface area contributed by atoms with Crippen LogP contribution in [0.5, 0.6) is 0 Å². The first-order valence-electron chi connectivity index (χ1n) is 11.2. The highest BCUT2D eigenvalue weighted by Gasteiger charge is 2.23. The number of nitrogens with zero attached hydrogens (tertiary/aromatic N) is 7. The van der Waals surface area contributed by atoms with Gasteiger partial charge in [0.2, 0.25) is 0 Å². The summed E-state index contributed by atoms with van der Waals surface area (Å²) in [5.74, 6) is 4.50. The number of amides is 2. The van der Waals surface area contributed by atoms with Crippen molar-refractivity contribution < 1.29 is 14.5 Å². The van der Waals surface area contributed by atoms with Crippen molar-refractivity contribution in [3.8, 4) is 0 Å². The van der Waals surface area contributed by atoms with E-state index in [0.717, 1.165) is 5.56 Å². The summed E-state index contributed by atoms with van der Waals surface area (Å²) in [5.41, 5.74) is 1.60. The molecule has 0 radical (unpaired) electrons. The third-order valence-corrected chi connectivity index (χ3v) is 5.47. The maximum absolute atomic E-state index is 11.6. The van der Waals surface area contributed by atoms with Crippen LogP contribution in [-0.4, -0.2) is 51.9 Å². The lowest BCUT2D eigenvalue weighted by Gasteiger charge is -2.29. The number of pyridine rings is 1. The first kappa shape index (κ1) is 27.7. The maximum Gasteiger partial charge on any atom is 0.334 e. The van der Waals surface area contributed by atoms with Gasteiger partial charge in [0, 0.05) is 34.2 Å². The van der Waals surface area contributed by atoms with Crippen LogP contribution < -0.4 is 11.2 Å².